The molecule has 0 aromatic heterocycles. The highest BCUT2D eigenvalue weighted by atomic mass is 16.5. The first-order valence-corrected chi connectivity index (χ1v) is 6.24. The Morgan fingerprint density at radius 1 is 1.37 bits per heavy atom. The van der Waals surface area contributed by atoms with Crippen LogP contribution >= 0.6 is 0 Å². The Kier molecular flexibility index (Phi) is 3.85. The summed E-state index contributed by atoms with van der Waals surface area (Å²) in [5.74, 6) is -1.26. The fraction of sp³-hybridized carbons (Fsp3) is 0.429. The van der Waals surface area contributed by atoms with Crippen LogP contribution in [-0.4, -0.2) is 35.0 Å². The lowest BCUT2D eigenvalue weighted by Gasteiger charge is -2.24. The molecule has 0 saturated heterocycles. The lowest BCUT2D eigenvalue weighted by Crippen LogP contribution is -2.42. The summed E-state index contributed by atoms with van der Waals surface area (Å²) in [6.45, 7) is 2.84. The summed E-state index contributed by atoms with van der Waals surface area (Å²) >= 11 is 0. The number of benzene rings is 1. The third-order valence-corrected chi connectivity index (χ3v) is 3.43. The Hall–Kier alpha value is -1.88. The number of carbonyl (C=O) groups is 2. The minimum Gasteiger partial charge on any atom is -0.480 e. The summed E-state index contributed by atoms with van der Waals surface area (Å²) in [6.07, 6.45) is 0.381. The van der Waals surface area contributed by atoms with Crippen molar-refractivity contribution in [1.82, 2.24) is 4.90 Å². The Labute approximate surface area is 111 Å². The van der Waals surface area contributed by atoms with Gasteiger partial charge in [-0.05, 0) is 29.7 Å². The predicted molar refractivity (Wildman–Crippen MR) is 68.7 cm³/mol. The monoisotopic (exact) mass is 263 g/mol. The molecule has 19 heavy (non-hydrogen) atoms. The molecule has 0 radical (unpaired) electrons. The fourth-order valence-corrected chi connectivity index (χ4v) is 2.26. The molecule has 1 heterocycles. The minimum absolute atomic E-state index is 0.274. The molecule has 1 amide bonds. The van der Waals surface area contributed by atoms with Crippen LogP contribution in [0.15, 0.2) is 18.2 Å². The number of nitrogens with zero attached hydrogens (tertiary/aromatic N) is 1. The molecule has 1 N–H and O–H groups in total. The van der Waals surface area contributed by atoms with Crippen molar-refractivity contribution < 1.29 is 19.4 Å². The van der Waals surface area contributed by atoms with E-state index in [1.165, 1.54) is 11.9 Å². The molecule has 0 spiro atoms. The fourth-order valence-electron chi connectivity index (χ4n) is 2.26. The molecule has 1 aliphatic heterocycles. The second kappa shape index (κ2) is 5.40. The van der Waals surface area contributed by atoms with Gasteiger partial charge in [0.15, 0.2) is 0 Å². The van der Waals surface area contributed by atoms with E-state index < -0.39 is 12.0 Å². The summed E-state index contributed by atoms with van der Waals surface area (Å²) < 4.78 is 5.30. The lowest BCUT2D eigenvalue weighted by molar-refractivity contribution is -0.142. The average molecular weight is 263 g/mol. The molecule has 5 nitrogen and oxygen atoms in total. The van der Waals surface area contributed by atoms with Crippen LogP contribution in [0, 0.1) is 0 Å². The third kappa shape index (κ3) is 2.61. The topological polar surface area (TPSA) is 66.8 Å². The number of fused-ring (bicyclic) bond motifs is 1. The highest BCUT2D eigenvalue weighted by Crippen LogP contribution is 2.22. The number of rotatable bonds is 4. The zero-order valence-electron chi connectivity index (χ0n) is 11.0. The van der Waals surface area contributed by atoms with Gasteiger partial charge >= 0.3 is 5.97 Å². The largest absolute Gasteiger partial charge is 0.480 e. The zero-order chi connectivity index (χ0) is 14.0. The molecular weight excluding hydrogens is 246 g/mol. The van der Waals surface area contributed by atoms with Crippen LogP contribution in [-0.2, 0) is 22.7 Å². The summed E-state index contributed by atoms with van der Waals surface area (Å²) in [5.41, 5.74) is 2.60. The number of amides is 1. The number of hydrogen-bond acceptors (Lipinski definition) is 3. The molecule has 0 fully saturated rings. The van der Waals surface area contributed by atoms with Crippen LogP contribution in [0.2, 0.25) is 0 Å². The van der Waals surface area contributed by atoms with Gasteiger partial charge in [-0.15, -0.1) is 0 Å². The second-order valence-corrected chi connectivity index (χ2v) is 4.65. The maximum Gasteiger partial charge on any atom is 0.326 e. The molecule has 0 saturated carbocycles. The van der Waals surface area contributed by atoms with Crippen molar-refractivity contribution in [3.05, 3.63) is 34.9 Å². The van der Waals surface area contributed by atoms with Crippen molar-refractivity contribution in [1.29, 1.82) is 0 Å². The van der Waals surface area contributed by atoms with Crippen molar-refractivity contribution in [2.24, 2.45) is 0 Å². The first-order chi connectivity index (χ1) is 9.04. The Balaban J connectivity index is 2.21. The van der Waals surface area contributed by atoms with E-state index in [4.69, 9.17) is 9.84 Å². The molecule has 102 valence electrons. The summed E-state index contributed by atoms with van der Waals surface area (Å²) in [6, 6.07) is 4.58. The number of carboxylic acid groups (broad SMARTS) is 1. The van der Waals surface area contributed by atoms with E-state index in [-0.39, 0.29) is 5.91 Å². The van der Waals surface area contributed by atoms with Crippen LogP contribution in [0.3, 0.4) is 0 Å². The average Bonchev–Trinajstić information content (AvgIpc) is 2.85. The van der Waals surface area contributed by atoms with Gasteiger partial charge in [-0.1, -0.05) is 13.0 Å². The van der Waals surface area contributed by atoms with E-state index in [2.05, 4.69) is 0 Å². The minimum atomic E-state index is -0.983. The van der Waals surface area contributed by atoms with Gasteiger partial charge in [-0.25, -0.2) is 4.79 Å². The highest BCUT2D eigenvalue weighted by Gasteiger charge is 2.26. The van der Waals surface area contributed by atoms with Gasteiger partial charge in [0.05, 0.1) is 13.2 Å². The van der Waals surface area contributed by atoms with E-state index in [1.54, 1.807) is 19.1 Å². The maximum absolute atomic E-state index is 12.3. The van der Waals surface area contributed by atoms with E-state index in [0.717, 1.165) is 11.1 Å². The van der Waals surface area contributed by atoms with E-state index >= 15 is 0 Å². The molecule has 1 aliphatic rings. The van der Waals surface area contributed by atoms with Gasteiger partial charge in [0.2, 0.25) is 0 Å². The number of carbonyl (C=O) groups excluding carboxylic acids is 1. The molecule has 0 aliphatic carbocycles. The maximum atomic E-state index is 12.3. The summed E-state index contributed by atoms with van der Waals surface area (Å²) in [7, 11) is 1.52. The second-order valence-electron chi connectivity index (χ2n) is 4.65. The smallest absolute Gasteiger partial charge is 0.326 e. The normalized spacial score (nSPS) is 14.8. The van der Waals surface area contributed by atoms with Crippen molar-refractivity contribution in [3.8, 4) is 0 Å². The molecule has 1 aromatic rings. The van der Waals surface area contributed by atoms with Crippen molar-refractivity contribution >= 4 is 11.9 Å². The molecule has 5 heteroatoms. The number of likely N-dealkylation sites (N-methyl/N-ethyl adjacent to an activating group) is 1. The molecule has 2 rings (SSSR count). The lowest BCUT2D eigenvalue weighted by atomic mass is 10.0. The Bertz CT molecular complexity index is 512. The quantitative estimate of drug-likeness (QED) is 0.897. The van der Waals surface area contributed by atoms with E-state index in [9.17, 15) is 9.59 Å². The predicted octanol–water partition coefficient (Wildman–Crippen LogP) is 1.65. The van der Waals surface area contributed by atoms with Crippen molar-refractivity contribution in [2.45, 2.75) is 32.6 Å². The molecule has 1 atom stereocenters. The highest BCUT2D eigenvalue weighted by molar-refractivity contribution is 5.96. The number of hydrogen-bond donors (Lipinski definition) is 1. The molecular formula is C14H17NO4. The SMILES string of the molecule is CCC(C(=O)O)N(C)C(=O)c1ccc2c(c1)COC2. The van der Waals surface area contributed by atoms with Crippen LogP contribution < -0.4 is 0 Å². The first-order valence-electron chi connectivity index (χ1n) is 6.24. The van der Waals surface area contributed by atoms with Crippen LogP contribution in [0.1, 0.15) is 34.8 Å². The number of aliphatic carboxylic acids is 1. The number of carboxylic acids is 1. The summed E-state index contributed by atoms with van der Waals surface area (Å²) in [5, 5.41) is 9.08. The van der Waals surface area contributed by atoms with Crippen LogP contribution in [0.25, 0.3) is 0 Å². The Morgan fingerprint density at radius 3 is 2.68 bits per heavy atom. The van der Waals surface area contributed by atoms with Gasteiger partial charge in [-0.2, -0.15) is 0 Å². The standard InChI is InChI=1S/C14H17NO4/c1-3-12(14(17)18)15(2)13(16)9-4-5-10-7-19-8-11(10)6-9/h4-6,12H,3,7-8H2,1-2H3,(H,17,18). The number of ether oxygens (including phenoxy) is 1. The van der Waals surface area contributed by atoms with E-state index in [0.29, 0.717) is 25.2 Å². The van der Waals surface area contributed by atoms with Crippen LogP contribution in [0.5, 0.6) is 0 Å². The van der Waals surface area contributed by atoms with Crippen LogP contribution in [0.4, 0.5) is 0 Å². The van der Waals surface area contributed by atoms with E-state index in [1.807, 2.05) is 6.07 Å². The molecule has 1 aromatic carbocycles. The molecule has 0 bridgehead atoms. The van der Waals surface area contributed by atoms with Gasteiger partial charge in [-0.3, -0.25) is 4.79 Å². The summed E-state index contributed by atoms with van der Waals surface area (Å²) in [4.78, 5) is 24.6. The van der Waals surface area contributed by atoms with Gasteiger partial charge in [0, 0.05) is 12.6 Å². The van der Waals surface area contributed by atoms with Gasteiger partial charge < -0.3 is 14.7 Å². The third-order valence-electron chi connectivity index (χ3n) is 3.43. The van der Waals surface area contributed by atoms with Gasteiger partial charge in [0.25, 0.3) is 5.91 Å². The first kappa shape index (κ1) is 13.5. The van der Waals surface area contributed by atoms with Crippen molar-refractivity contribution in [3.63, 3.8) is 0 Å². The van der Waals surface area contributed by atoms with Crippen molar-refractivity contribution in [2.75, 3.05) is 7.05 Å². The zero-order valence-corrected chi connectivity index (χ0v) is 11.0. The Morgan fingerprint density at radius 2 is 2.05 bits per heavy atom. The van der Waals surface area contributed by atoms with Gasteiger partial charge in [0.1, 0.15) is 6.04 Å². The molecule has 1 unspecified atom stereocenters.